The Labute approximate surface area is 189 Å². The molecule has 2 nitrogen and oxygen atoms in total. The van der Waals surface area contributed by atoms with Gasteiger partial charge in [0.2, 0.25) is 0 Å². The molecule has 0 radical (unpaired) electrons. The minimum Gasteiger partial charge on any atom is -0.380 e. The van der Waals surface area contributed by atoms with Crippen molar-refractivity contribution < 1.29 is 10.2 Å². The molecule has 3 unspecified atom stereocenters. The maximum Gasteiger partial charge on any atom is 0.114 e. The van der Waals surface area contributed by atoms with Crippen LogP contribution in [0.2, 0.25) is 0 Å². The Kier molecular flexibility index (Phi) is 15.9. The number of aliphatic hydroxyl groups excluding tert-OH is 2. The number of hydrogen-bond donors (Lipinski definition) is 2. The smallest absolute Gasteiger partial charge is 0.114 e. The van der Waals surface area contributed by atoms with Gasteiger partial charge in [0.25, 0.3) is 0 Å². The van der Waals surface area contributed by atoms with Gasteiger partial charge >= 0.3 is 0 Å². The van der Waals surface area contributed by atoms with Crippen LogP contribution in [0.3, 0.4) is 0 Å². The SMILES string of the molecule is CCCCCCCCCC(O)C#CC(O)CCCCCCC(C)C(C)(C)C(C)(C)C. The fourth-order valence-electron chi connectivity index (χ4n) is 3.87. The molecule has 0 amide bonds. The van der Waals surface area contributed by atoms with Crippen LogP contribution in [-0.2, 0) is 0 Å². The first kappa shape index (κ1) is 29.5. The molecule has 0 aliphatic carbocycles. The zero-order valence-corrected chi connectivity index (χ0v) is 21.5. The molecule has 0 saturated heterocycles. The van der Waals surface area contributed by atoms with Gasteiger partial charge in [0.1, 0.15) is 12.2 Å². The molecule has 0 aliphatic rings. The van der Waals surface area contributed by atoms with Crippen molar-refractivity contribution in [2.75, 3.05) is 0 Å². The van der Waals surface area contributed by atoms with Crippen LogP contribution in [0, 0.1) is 28.6 Å². The van der Waals surface area contributed by atoms with E-state index in [1.54, 1.807) is 0 Å². The van der Waals surface area contributed by atoms with Crippen LogP contribution in [0.25, 0.3) is 0 Å². The van der Waals surface area contributed by atoms with Crippen molar-refractivity contribution in [1.29, 1.82) is 0 Å². The lowest BCUT2D eigenvalue weighted by atomic mass is 9.61. The average molecular weight is 423 g/mol. The number of unbranched alkanes of at least 4 members (excludes halogenated alkanes) is 9. The third-order valence-corrected chi connectivity index (χ3v) is 7.53. The fourth-order valence-corrected chi connectivity index (χ4v) is 3.87. The molecular formula is C28H54O2. The molecule has 0 aromatic rings. The van der Waals surface area contributed by atoms with Gasteiger partial charge in [-0.2, -0.15) is 0 Å². The third kappa shape index (κ3) is 13.7. The molecular weight excluding hydrogens is 368 g/mol. The second-order valence-electron chi connectivity index (χ2n) is 11.1. The van der Waals surface area contributed by atoms with E-state index in [-0.39, 0.29) is 0 Å². The molecule has 0 saturated carbocycles. The zero-order chi connectivity index (χ0) is 23.0. The lowest BCUT2D eigenvalue weighted by Gasteiger charge is -2.44. The molecule has 178 valence electrons. The van der Waals surface area contributed by atoms with E-state index in [0.29, 0.717) is 16.7 Å². The molecule has 0 aromatic heterocycles. The minimum absolute atomic E-state index is 0.328. The minimum atomic E-state index is -0.590. The highest BCUT2D eigenvalue weighted by molar-refractivity contribution is 5.08. The lowest BCUT2D eigenvalue weighted by Crippen LogP contribution is -2.35. The van der Waals surface area contributed by atoms with Gasteiger partial charge in [0, 0.05) is 0 Å². The molecule has 3 atom stereocenters. The van der Waals surface area contributed by atoms with Crippen molar-refractivity contribution in [3.05, 3.63) is 0 Å². The fraction of sp³-hybridized carbons (Fsp3) is 0.929. The summed E-state index contributed by atoms with van der Waals surface area (Å²) < 4.78 is 0. The van der Waals surface area contributed by atoms with E-state index in [2.05, 4.69) is 60.3 Å². The Hall–Kier alpha value is -0.520. The quantitative estimate of drug-likeness (QED) is 0.196. The van der Waals surface area contributed by atoms with E-state index in [0.717, 1.165) is 32.1 Å². The molecule has 30 heavy (non-hydrogen) atoms. The van der Waals surface area contributed by atoms with Crippen molar-refractivity contribution in [3.8, 4) is 11.8 Å². The van der Waals surface area contributed by atoms with Crippen molar-refractivity contribution in [3.63, 3.8) is 0 Å². The van der Waals surface area contributed by atoms with Crippen LogP contribution in [0.1, 0.15) is 138 Å². The summed E-state index contributed by atoms with van der Waals surface area (Å²) in [7, 11) is 0. The van der Waals surface area contributed by atoms with Gasteiger partial charge in [-0.25, -0.2) is 0 Å². The Bertz CT molecular complexity index is 463. The van der Waals surface area contributed by atoms with Crippen molar-refractivity contribution in [1.82, 2.24) is 0 Å². The van der Waals surface area contributed by atoms with Gasteiger partial charge in [-0.15, -0.1) is 0 Å². The summed E-state index contributed by atoms with van der Waals surface area (Å²) in [4.78, 5) is 0. The van der Waals surface area contributed by atoms with Crippen molar-refractivity contribution in [2.24, 2.45) is 16.7 Å². The summed E-state index contributed by atoms with van der Waals surface area (Å²) in [6.07, 6.45) is 14.9. The molecule has 0 fully saturated rings. The van der Waals surface area contributed by atoms with Crippen LogP contribution in [0.15, 0.2) is 0 Å². The van der Waals surface area contributed by atoms with Crippen LogP contribution in [-0.4, -0.2) is 22.4 Å². The summed E-state index contributed by atoms with van der Waals surface area (Å²) in [5, 5.41) is 20.0. The Morgan fingerprint density at radius 3 is 1.37 bits per heavy atom. The van der Waals surface area contributed by atoms with Gasteiger partial charge < -0.3 is 10.2 Å². The summed E-state index contributed by atoms with van der Waals surface area (Å²) in [5.41, 5.74) is 0.670. The van der Waals surface area contributed by atoms with E-state index in [1.165, 1.54) is 57.8 Å². The first-order valence-electron chi connectivity index (χ1n) is 12.9. The van der Waals surface area contributed by atoms with Gasteiger partial charge in [-0.05, 0) is 42.4 Å². The average Bonchev–Trinajstić information content (AvgIpc) is 2.67. The summed E-state index contributed by atoms with van der Waals surface area (Å²) in [6.45, 7) is 16.5. The van der Waals surface area contributed by atoms with Gasteiger partial charge in [-0.1, -0.05) is 125 Å². The second-order valence-corrected chi connectivity index (χ2v) is 11.1. The maximum absolute atomic E-state index is 10.0. The standard InChI is InChI=1S/C28H54O2/c1-8-9-10-11-12-13-17-20-25(29)22-23-26(30)21-18-15-14-16-19-24(2)28(6,7)27(3,4)5/h24-26,29-30H,8-21H2,1-7H3. The molecule has 0 aromatic carbocycles. The lowest BCUT2D eigenvalue weighted by molar-refractivity contribution is 0.0577. The molecule has 2 heteroatoms. The molecule has 0 heterocycles. The molecule has 0 rings (SSSR count). The largest absolute Gasteiger partial charge is 0.380 e. The predicted octanol–water partition coefficient (Wildman–Crippen LogP) is 7.90. The van der Waals surface area contributed by atoms with Crippen LogP contribution in [0.4, 0.5) is 0 Å². The summed E-state index contributed by atoms with van der Waals surface area (Å²) in [6, 6.07) is 0. The van der Waals surface area contributed by atoms with Crippen molar-refractivity contribution >= 4 is 0 Å². The first-order valence-corrected chi connectivity index (χ1v) is 12.9. The number of aliphatic hydroxyl groups is 2. The Balaban J connectivity index is 3.80. The van der Waals surface area contributed by atoms with Gasteiger partial charge in [-0.3, -0.25) is 0 Å². The van der Waals surface area contributed by atoms with E-state index in [1.807, 2.05) is 0 Å². The first-order chi connectivity index (χ1) is 14.0. The Morgan fingerprint density at radius 1 is 0.600 bits per heavy atom. The van der Waals surface area contributed by atoms with E-state index < -0.39 is 12.2 Å². The normalized spacial score (nSPS) is 15.4. The van der Waals surface area contributed by atoms with Crippen LogP contribution in [0.5, 0.6) is 0 Å². The Morgan fingerprint density at radius 2 is 0.967 bits per heavy atom. The van der Waals surface area contributed by atoms with E-state index >= 15 is 0 Å². The van der Waals surface area contributed by atoms with Crippen LogP contribution >= 0.6 is 0 Å². The highest BCUT2D eigenvalue weighted by Gasteiger charge is 2.36. The number of hydrogen-bond acceptors (Lipinski definition) is 2. The third-order valence-electron chi connectivity index (χ3n) is 7.53. The van der Waals surface area contributed by atoms with E-state index in [4.69, 9.17) is 0 Å². The predicted molar refractivity (Wildman–Crippen MR) is 133 cm³/mol. The molecule has 0 aliphatic heterocycles. The highest BCUT2D eigenvalue weighted by atomic mass is 16.3. The van der Waals surface area contributed by atoms with Gasteiger partial charge in [0.05, 0.1) is 0 Å². The molecule has 2 N–H and O–H groups in total. The maximum atomic E-state index is 10.0. The summed E-state index contributed by atoms with van der Waals surface area (Å²) in [5.74, 6) is 6.41. The van der Waals surface area contributed by atoms with Gasteiger partial charge in [0.15, 0.2) is 0 Å². The monoisotopic (exact) mass is 422 g/mol. The van der Waals surface area contributed by atoms with Crippen LogP contribution < -0.4 is 0 Å². The van der Waals surface area contributed by atoms with E-state index in [9.17, 15) is 10.2 Å². The number of rotatable bonds is 16. The topological polar surface area (TPSA) is 40.5 Å². The highest BCUT2D eigenvalue weighted by Crippen LogP contribution is 2.45. The summed E-state index contributed by atoms with van der Waals surface area (Å²) >= 11 is 0. The van der Waals surface area contributed by atoms with Crippen molar-refractivity contribution in [2.45, 2.75) is 151 Å². The zero-order valence-electron chi connectivity index (χ0n) is 21.5. The second kappa shape index (κ2) is 16.2. The molecule has 0 spiro atoms. The molecule has 0 bridgehead atoms.